The number of aromatic nitrogens is 3. The van der Waals surface area contributed by atoms with Crippen molar-refractivity contribution in [3.05, 3.63) is 95.7 Å². The predicted molar refractivity (Wildman–Crippen MR) is 123 cm³/mol. The van der Waals surface area contributed by atoms with E-state index in [0.717, 1.165) is 22.1 Å². The second-order valence-electron chi connectivity index (χ2n) is 7.96. The van der Waals surface area contributed by atoms with Crippen LogP contribution in [0.4, 0.5) is 8.78 Å². The highest BCUT2D eigenvalue weighted by molar-refractivity contribution is 6.08. The number of benzene rings is 3. The van der Waals surface area contributed by atoms with Crippen LogP contribution < -0.4 is 5.32 Å². The van der Waals surface area contributed by atoms with Crippen LogP contribution in [0.25, 0.3) is 33.1 Å². The van der Waals surface area contributed by atoms with E-state index < -0.39 is 0 Å². The molecule has 3 aromatic carbocycles. The Morgan fingerprint density at radius 2 is 1.67 bits per heavy atom. The van der Waals surface area contributed by atoms with Crippen LogP contribution in [0.5, 0.6) is 0 Å². The van der Waals surface area contributed by atoms with Gasteiger partial charge in [-0.15, -0.1) is 0 Å². The summed E-state index contributed by atoms with van der Waals surface area (Å²) in [4.78, 5) is 17.2. The van der Waals surface area contributed by atoms with Crippen molar-refractivity contribution in [2.45, 2.75) is 20.0 Å². The van der Waals surface area contributed by atoms with Crippen LogP contribution in [0.3, 0.4) is 0 Å². The van der Waals surface area contributed by atoms with E-state index in [1.807, 2.05) is 31.2 Å². The minimum atomic E-state index is -0.387. The SMILES string of the molecule is Cc1ccc(-c2nn(CC(=O)NCc3ccc(F)cc3)c3c2cnc2ccc(F)cc23)cc1. The molecule has 0 saturated carbocycles. The van der Waals surface area contributed by atoms with Crippen molar-refractivity contribution < 1.29 is 13.6 Å². The number of amides is 1. The summed E-state index contributed by atoms with van der Waals surface area (Å²) in [7, 11) is 0. The molecule has 0 aliphatic carbocycles. The third kappa shape index (κ3) is 4.17. The first-order valence-electron chi connectivity index (χ1n) is 10.5. The zero-order valence-electron chi connectivity index (χ0n) is 17.8. The molecule has 5 aromatic rings. The second kappa shape index (κ2) is 8.43. The summed E-state index contributed by atoms with van der Waals surface area (Å²) in [5.41, 5.74) is 4.73. The molecule has 0 radical (unpaired) electrons. The molecule has 0 bridgehead atoms. The first-order chi connectivity index (χ1) is 16.0. The summed E-state index contributed by atoms with van der Waals surface area (Å²) < 4.78 is 28.8. The molecule has 0 spiro atoms. The molecule has 5 nitrogen and oxygen atoms in total. The summed E-state index contributed by atoms with van der Waals surface area (Å²) in [6.45, 7) is 2.21. The monoisotopic (exact) mass is 442 g/mol. The summed E-state index contributed by atoms with van der Waals surface area (Å²) in [5, 5.41) is 8.88. The van der Waals surface area contributed by atoms with E-state index in [2.05, 4.69) is 10.3 Å². The minimum Gasteiger partial charge on any atom is -0.350 e. The number of nitrogens with one attached hydrogen (secondary N) is 1. The van der Waals surface area contributed by atoms with E-state index in [0.29, 0.717) is 22.1 Å². The Balaban J connectivity index is 1.55. The van der Waals surface area contributed by atoms with Gasteiger partial charge in [-0.2, -0.15) is 5.10 Å². The van der Waals surface area contributed by atoms with Crippen LogP contribution in [0.2, 0.25) is 0 Å². The number of carbonyl (C=O) groups is 1. The molecule has 2 heterocycles. The maximum absolute atomic E-state index is 14.1. The minimum absolute atomic E-state index is 0.0564. The van der Waals surface area contributed by atoms with Crippen molar-refractivity contribution in [3.63, 3.8) is 0 Å². The lowest BCUT2D eigenvalue weighted by atomic mass is 10.1. The standard InChI is InChI=1S/C26H20F2N4O/c1-16-2-6-18(7-3-16)25-22-14-29-23-11-10-20(28)12-21(23)26(22)32(31-25)15-24(33)30-13-17-4-8-19(27)9-5-17/h2-12,14H,13,15H2,1H3,(H,30,33). The van der Waals surface area contributed by atoms with Gasteiger partial charge in [0.15, 0.2) is 0 Å². The number of hydrogen-bond acceptors (Lipinski definition) is 3. The molecule has 1 amide bonds. The Hall–Kier alpha value is -4.13. The molecule has 33 heavy (non-hydrogen) atoms. The highest BCUT2D eigenvalue weighted by atomic mass is 19.1. The normalized spacial score (nSPS) is 11.2. The van der Waals surface area contributed by atoms with Gasteiger partial charge in [0.25, 0.3) is 0 Å². The second-order valence-corrected chi connectivity index (χ2v) is 7.96. The highest BCUT2D eigenvalue weighted by Crippen LogP contribution is 2.32. The fourth-order valence-corrected chi connectivity index (χ4v) is 3.86. The molecule has 0 aliphatic heterocycles. The maximum Gasteiger partial charge on any atom is 0.242 e. The van der Waals surface area contributed by atoms with Gasteiger partial charge in [-0.3, -0.25) is 14.5 Å². The Bertz CT molecular complexity index is 1480. The van der Waals surface area contributed by atoms with Gasteiger partial charge in [0.2, 0.25) is 5.91 Å². The molecule has 2 aromatic heterocycles. The van der Waals surface area contributed by atoms with Gasteiger partial charge in [-0.25, -0.2) is 8.78 Å². The van der Waals surface area contributed by atoms with E-state index in [4.69, 9.17) is 5.10 Å². The third-order valence-corrected chi connectivity index (χ3v) is 5.56. The predicted octanol–water partition coefficient (Wildman–Crippen LogP) is 5.15. The van der Waals surface area contributed by atoms with Crippen molar-refractivity contribution in [2.75, 3.05) is 0 Å². The highest BCUT2D eigenvalue weighted by Gasteiger charge is 2.18. The number of carbonyl (C=O) groups excluding carboxylic acids is 1. The molecule has 0 aliphatic rings. The van der Waals surface area contributed by atoms with E-state index >= 15 is 0 Å². The zero-order chi connectivity index (χ0) is 22.9. The van der Waals surface area contributed by atoms with Crippen LogP contribution in [0, 0.1) is 18.6 Å². The summed E-state index contributed by atoms with van der Waals surface area (Å²) in [5.74, 6) is -0.979. The first-order valence-corrected chi connectivity index (χ1v) is 10.5. The van der Waals surface area contributed by atoms with Crippen LogP contribution in [-0.2, 0) is 17.9 Å². The Kier molecular flexibility index (Phi) is 5.30. The van der Waals surface area contributed by atoms with Crippen molar-refractivity contribution in [2.24, 2.45) is 0 Å². The average molecular weight is 442 g/mol. The Morgan fingerprint density at radius 1 is 0.939 bits per heavy atom. The third-order valence-electron chi connectivity index (χ3n) is 5.56. The molecule has 0 saturated heterocycles. The fourth-order valence-electron chi connectivity index (χ4n) is 3.86. The van der Waals surface area contributed by atoms with Crippen molar-refractivity contribution in [3.8, 4) is 11.3 Å². The molecule has 164 valence electrons. The van der Waals surface area contributed by atoms with Crippen LogP contribution in [0.1, 0.15) is 11.1 Å². The quantitative estimate of drug-likeness (QED) is 0.409. The van der Waals surface area contributed by atoms with E-state index in [1.54, 1.807) is 29.1 Å². The van der Waals surface area contributed by atoms with E-state index in [9.17, 15) is 13.6 Å². The van der Waals surface area contributed by atoms with Gasteiger partial charge < -0.3 is 5.32 Å². The van der Waals surface area contributed by atoms with Gasteiger partial charge in [0, 0.05) is 29.1 Å². The lowest BCUT2D eigenvalue weighted by Gasteiger charge is -2.08. The summed E-state index contributed by atoms with van der Waals surface area (Å²) >= 11 is 0. The van der Waals surface area contributed by atoms with Crippen molar-refractivity contribution in [1.82, 2.24) is 20.1 Å². The number of aryl methyl sites for hydroxylation is 1. The Labute approximate surface area is 188 Å². The van der Waals surface area contributed by atoms with Gasteiger partial charge in [0.05, 0.1) is 11.0 Å². The number of fused-ring (bicyclic) bond motifs is 3. The molecule has 0 unspecified atom stereocenters. The van der Waals surface area contributed by atoms with Gasteiger partial charge >= 0.3 is 0 Å². The van der Waals surface area contributed by atoms with E-state index in [1.165, 1.54) is 24.3 Å². The van der Waals surface area contributed by atoms with Crippen LogP contribution in [0.15, 0.2) is 72.9 Å². The molecular formula is C26H20F2N4O. The molecule has 0 fully saturated rings. The van der Waals surface area contributed by atoms with E-state index in [-0.39, 0.29) is 30.6 Å². The first kappa shape index (κ1) is 20.8. The number of nitrogens with zero attached hydrogens (tertiary/aromatic N) is 3. The summed E-state index contributed by atoms with van der Waals surface area (Å²) in [6, 6.07) is 18.2. The number of hydrogen-bond donors (Lipinski definition) is 1. The van der Waals surface area contributed by atoms with Crippen LogP contribution in [-0.4, -0.2) is 20.7 Å². The Morgan fingerprint density at radius 3 is 2.42 bits per heavy atom. The summed E-state index contributed by atoms with van der Waals surface area (Å²) in [6.07, 6.45) is 1.71. The maximum atomic E-state index is 14.1. The molecule has 7 heteroatoms. The average Bonchev–Trinajstić information content (AvgIpc) is 3.18. The lowest BCUT2D eigenvalue weighted by molar-refractivity contribution is -0.121. The van der Waals surface area contributed by atoms with Crippen molar-refractivity contribution in [1.29, 1.82) is 0 Å². The number of pyridine rings is 1. The smallest absolute Gasteiger partial charge is 0.242 e. The molecule has 0 atom stereocenters. The molecule has 5 rings (SSSR count). The van der Waals surface area contributed by atoms with Crippen molar-refractivity contribution >= 4 is 27.7 Å². The lowest BCUT2D eigenvalue weighted by Crippen LogP contribution is -2.27. The molecular weight excluding hydrogens is 422 g/mol. The number of halogens is 2. The largest absolute Gasteiger partial charge is 0.350 e. The number of rotatable bonds is 5. The van der Waals surface area contributed by atoms with Gasteiger partial charge in [0.1, 0.15) is 23.9 Å². The topological polar surface area (TPSA) is 59.8 Å². The van der Waals surface area contributed by atoms with Crippen LogP contribution >= 0.6 is 0 Å². The molecule has 1 N–H and O–H groups in total. The fraction of sp³-hybridized carbons (Fsp3) is 0.115. The van der Waals surface area contributed by atoms with Gasteiger partial charge in [-0.1, -0.05) is 42.0 Å². The zero-order valence-corrected chi connectivity index (χ0v) is 17.8. The van der Waals surface area contributed by atoms with Gasteiger partial charge in [-0.05, 0) is 42.8 Å².